The SMILES string of the molecule is C=CCC(C)(C)CNc1cccc(C(=O)O)n1. The first kappa shape index (κ1) is 13.2. The zero-order valence-corrected chi connectivity index (χ0v) is 10.2. The molecule has 0 aliphatic heterocycles. The Balaban J connectivity index is 2.66. The highest BCUT2D eigenvalue weighted by atomic mass is 16.4. The van der Waals surface area contributed by atoms with Gasteiger partial charge in [-0.3, -0.25) is 0 Å². The Hall–Kier alpha value is -1.84. The summed E-state index contributed by atoms with van der Waals surface area (Å²) in [5.41, 5.74) is 0.124. The minimum Gasteiger partial charge on any atom is -0.477 e. The second-order valence-corrected chi connectivity index (χ2v) is 4.72. The molecule has 4 nitrogen and oxygen atoms in total. The number of allylic oxidation sites excluding steroid dienone is 1. The smallest absolute Gasteiger partial charge is 0.354 e. The molecule has 0 aliphatic rings. The maximum atomic E-state index is 10.8. The van der Waals surface area contributed by atoms with Crippen LogP contribution in [0.5, 0.6) is 0 Å². The summed E-state index contributed by atoms with van der Waals surface area (Å²) < 4.78 is 0. The van der Waals surface area contributed by atoms with Gasteiger partial charge in [0.25, 0.3) is 0 Å². The van der Waals surface area contributed by atoms with Gasteiger partial charge in [-0.25, -0.2) is 9.78 Å². The molecule has 0 amide bonds. The third-order valence-electron chi connectivity index (χ3n) is 2.41. The lowest BCUT2D eigenvalue weighted by atomic mass is 9.89. The van der Waals surface area contributed by atoms with Gasteiger partial charge in [0, 0.05) is 6.54 Å². The molecular formula is C13H18N2O2. The van der Waals surface area contributed by atoms with Crippen LogP contribution in [0, 0.1) is 5.41 Å². The molecule has 0 bridgehead atoms. The largest absolute Gasteiger partial charge is 0.477 e. The van der Waals surface area contributed by atoms with Gasteiger partial charge in [0.15, 0.2) is 5.69 Å². The first-order valence-corrected chi connectivity index (χ1v) is 5.50. The number of nitrogens with zero attached hydrogens (tertiary/aromatic N) is 1. The number of aromatic carboxylic acids is 1. The van der Waals surface area contributed by atoms with Gasteiger partial charge in [-0.1, -0.05) is 26.0 Å². The fourth-order valence-corrected chi connectivity index (χ4v) is 1.45. The number of rotatable bonds is 6. The van der Waals surface area contributed by atoms with E-state index >= 15 is 0 Å². The van der Waals surface area contributed by atoms with Crippen LogP contribution in [-0.2, 0) is 0 Å². The summed E-state index contributed by atoms with van der Waals surface area (Å²) in [5, 5.41) is 12.0. The van der Waals surface area contributed by atoms with Crippen LogP contribution >= 0.6 is 0 Å². The van der Waals surface area contributed by atoms with Crippen molar-refractivity contribution in [2.24, 2.45) is 5.41 Å². The molecule has 1 heterocycles. The van der Waals surface area contributed by atoms with Crippen LogP contribution in [0.15, 0.2) is 30.9 Å². The van der Waals surface area contributed by atoms with Gasteiger partial charge in [0.2, 0.25) is 0 Å². The van der Waals surface area contributed by atoms with E-state index < -0.39 is 5.97 Å². The van der Waals surface area contributed by atoms with Crippen LogP contribution in [0.4, 0.5) is 5.82 Å². The average Bonchev–Trinajstić information content (AvgIpc) is 2.27. The van der Waals surface area contributed by atoms with E-state index in [2.05, 4.69) is 30.7 Å². The van der Waals surface area contributed by atoms with E-state index in [0.717, 1.165) is 13.0 Å². The highest BCUT2D eigenvalue weighted by molar-refractivity contribution is 5.85. The number of nitrogens with one attached hydrogen (secondary N) is 1. The van der Waals surface area contributed by atoms with Crippen LogP contribution < -0.4 is 5.32 Å². The van der Waals surface area contributed by atoms with Crippen molar-refractivity contribution in [3.05, 3.63) is 36.5 Å². The van der Waals surface area contributed by atoms with Crippen LogP contribution in [0.1, 0.15) is 30.8 Å². The zero-order valence-electron chi connectivity index (χ0n) is 10.2. The van der Waals surface area contributed by atoms with Crippen molar-refractivity contribution in [1.82, 2.24) is 4.98 Å². The van der Waals surface area contributed by atoms with Crippen molar-refractivity contribution in [2.45, 2.75) is 20.3 Å². The Bertz CT molecular complexity index is 414. The first-order valence-electron chi connectivity index (χ1n) is 5.50. The Morgan fingerprint density at radius 1 is 1.59 bits per heavy atom. The predicted molar refractivity (Wildman–Crippen MR) is 68.3 cm³/mol. The molecule has 0 spiro atoms. The number of aromatic nitrogens is 1. The van der Waals surface area contributed by atoms with Crippen molar-refractivity contribution in [3.63, 3.8) is 0 Å². The van der Waals surface area contributed by atoms with E-state index in [1.807, 2.05) is 6.08 Å². The predicted octanol–water partition coefficient (Wildman–Crippen LogP) is 2.79. The number of carboxylic acids is 1. The molecule has 0 atom stereocenters. The van der Waals surface area contributed by atoms with Crippen molar-refractivity contribution >= 4 is 11.8 Å². The first-order chi connectivity index (χ1) is 7.94. The fourth-order valence-electron chi connectivity index (χ4n) is 1.45. The van der Waals surface area contributed by atoms with Crippen molar-refractivity contribution in [3.8, 4) is 0 Å². The summed E-state index contributed by atoms with van der Waals surface area (Å²) in [4.78, 5) is 14.8. The highest BCUT2D eigenvalue weighted by Crippen LogP contribution is 2.21. The van der Waals surface area contributed by atoms with Gasteiger partial charge in [-0.2, -0.15) is 0 Å². The second-order valence-electron chi connectivity index (χ2n) is 4.72. The van der Waals surface area contributed by atoms with Crippen LogP contribution in [0.2, 0.25) is 0 Å². The molecule has 0 saturated carbocycles. The molecule has 1 rings (SSSR count). The summed E-state index contributed by atoms with van der Waals surface area (Å²) in [5.74, 6) is -0.430. The van der Waals surface area contributed by atoms with E-state index in [-0.39, 0.29) is 11.1 Å². The minimum atomic E-state index is -1.01. The van der Waals surface area contributed by atoms with E-state index in [1.165, 1.54) is 6.07 Å². The maximum Gasteiger partial charge on any atom is 0.354 e. The molecule has 17 heavy (non-hydrogen) atoms. The van der Waals surface area contributed by atoms with Gasteiger partial charge in [0.1, 0.15) is 5.82 Å². The molecule has 4 heteroatoms. The number of carboxylic acid groups (broad SMARTS) is 1. The molecule has 92 valence electrons. The third kappa shape index (κ3) is 4.26. The van der Waals surface area contributed by atoms with Crippen molar-refractivity contribution < 1.29 is 9.90 Å². The Morgan fingerprint density at radius 3 is 2.88 bits per heavy atom. The van der Waals surface area contributed by atoms with Gasteiger partial charge in [-0.15, -0.1) is 6.58 Å². The molecule has 0 fully saturated rings. The normalized spacial score (nSPS) is 10.9. The topological polar surface area (TPSA) is 62.2 Å². The van der Waals surface area contributed by atoms with Crippen LogP contribution in [0.25, 0.3) is 0 Å². The second kappa shape index (κ2) is 5.48. The summed E-state index contributed by atoms with van der Waals surface area (Å²) in [6.07, 6.45) is 2.77. The van der Waals surface area contributed by atoms with Crippen molar-refractivity contribution in [2.75, 3.05) is 11.9 Å². The molecule has 0 saturated heterocycles. The quantitative estimate of drug-likeness (QED) is 0.743. The fraction of sp³-hybridized carbons (Fsp3) is 0.385. The summed E-state index contributed by atoms with van der Waals surface area (Å²) in [6.45, 7) is 8.66. The Morgan fingerprint density at radius 2 is 2.29 bits per heavy atom. The molecule has 1 aromatic heterocycles. The number of carbonyl (C=O) groups is 1. The molecule has 0 aliphatic carbocycles. The van der Waals surface area contributed by atoms with Gasteiger partial charge >= 0.3 is 5.97 Å². The lowest BCUT2D eigenvalue weighted by Gasteiger charge is -2.23. The Kier molecular flexibility index (Phi) is 4.26. The van der Waals surface area contributed by atoms with E-state index in [9.17, 15) is 4.79 Å². The van der Waals surface area contributed by atoms with E-state index in [4.69, 9.17) is 5.11 Å². The number of hydrogen-bond donors (Lipinski definition) is 2. The molecule has 0 radical (unpaired) electrons. The lowest BCUT2D eigenvalue weighted by Crippen LogP contribution is -2.23. The number of anilines is 1. The molecule has 0 unspecified atom stereocenters. The van der Waals surface area contributed by atoms with E-state index in [1.54, 1.807) is 12.1 Å². The average molecular weight is 234 g/mol. The lowest BCUT2D eigenvalue weighted by molar-refractivity contribution is 0.0690. The van der Waals surface area contributed by atoms with E-state index in [0.29, 0.717) is 5.82 Å². The molecule has 2 N–H and O–H groups in total. The molecule has 0 aromatic carbocycles. The minimum absolute atomic E-state index is 0.0523. The van der Waals surface area contributed by atoms with Gasteiger partial charge in [-0.05, 0) is 24.0 Å². The Labute approximate surface area is 101 Å². The highest BCUT2D eigenvalue weighted by Gasteiger charge is 2.15. The standard InChI is InChI=1S/C13H18N2O2/c1-4-8-13(2,3)9-14-11-7-5-6-10(15-11)12(16)17/h4-7H,1,8-9H2,2-3H3,(H,14,15)(H,16,17). The zero-order chi connectivity index (χ0) is 12.9. The van der Waals surface area contributed by atoms with Crippen LogP contribution in [-0.4, -0.2) is 22.6 Å². The van der Waals surface area contributed by atoms with Gasteiger partial charge in [0.05, 0.1) is 0 Å². The summed E-state index contributed by atoms with van der Waals surface area (Å²) >= 11 is 0. The summed E-state index contributed by atoms with van der Waals surface area (Å²) in [6, 6.07) is 4.91. The monoisotopic (exact) mass is 234 g/mol. The molecular weight excluding hydrogens is 216 g/mol. The number of hydrogen-bond acceptors (Lipinski definition) is 3. The maximum absolute atomic E-state index is 10.8. The van der Waals surface area contributed by atoms with Crippen molar-refractivity contribution in [1.29, 1.82) is 0 Å². The van der Waals surface area contributed by atoms with Gasteiger partial charge < -0.3 is 10.4 Å². The van der Waals surface area contributed by atoms with Crippen LogP contribution in [0.3, 0.4) is 0 Å². The summed E-state index contributed by atoms with van der Waals surface area (Å²) in [7, 11) is 0. The third-order valence-corrected chi connectivity index (χ3v) is 2.41. The molecule has 1 aromatic rings. The number of pyridine rings is 1.